The molecule has 170 valence electrons. The van der Waals surface area contributed by atoms with Crippen LogP contribution in [-0.4, -0.2) is 71.0 Å². The zero-order valence-electron chi connectivity index (χ0n) is 18.1. The minimum Gasteiger partial charge on any atom is -0.356 e. The molecule has 0 aliphatic heterocycles. The number of benzene rings is 1. The Morgan fingerprint density at radius 1 is 1.27 bits per heavy atom. The molecule has 3 unspecified atom stereocenters. The summed E-state index contributed by atoms with van der Waals surface area (Å²) in [5.41, 5.74) is 0. The first-order valence-corrected chi connectivity index (χ1v) is 12.7. The van der Waals surface area contributed by atoms with Crippen LogP contribution in [0.2, 0.25) is 0 Å². The van der Waals surface area contributed by atoms with Crippen LogP contribution in [0.3, 0.4) is 0 Å². The van der Waals surface area contributed by atoms with E-state index in [1.807, 2.05) is 25.1 Å². The number of nitrogens with one attached hydrogen (secondary N) is 2. The lowest BCUT2D eigenvalue weighted by molar-refractivity contribution is -0.127. The fourth-order valence-corrected chi connectivity index (χ4v) is 5.38. The Hall–Kier alpha value is -0.810. The van der Waals surface area contributed by atoms with Gasteiger partial charge < -0.3 is 15.5 Å². The molecule has 1 aliphatic carbocycles. The Morgan fingerprint density at radius 3 is 2.67 bits per heavy atom. The minimum absolute atomic E-state index is 0. The molecule has 0 radical (unpaired) electrons. The highest BCUT2D eigenvalue weighted by Gasteiger charge is 2.26. The van der Waals surface area contributed by atoms with Gasteiger partial charge in [-0.05, 0) is 31.4 Å². The number of hydrogen-bond donors (Lipinski definition) is 2. The molecule has 2 N–H and O–H groups in total. The predicted molar refractivity (Wildman–Crippen MR) is 139 cm³/mol. The van der Waals surface area contributed by atoms with Crippen molar-refractivity contribution in [2.45, 2.75) is 48.8 Å². The van der Waals surface area contributed by atoms with E-state index < -0.39 is 10.8 Å². The highest BCUT2D eigenvalue weighted by Crippen LogP contribution is 2.23. The van der Waals surface area contributed by atoms with Crippen LogP contribution in [0.15, 0.2) is 40.2 Å². The van der Waals surface area contributed by atoms with Crippen molar-refractivity contribution in [3.8, 4) is 0 Å². The van der Waals surface area contributed by atoms with Gasteiger partial charge >= 0.3 is 0 Å². The molecule has 0 spiro atoms. The van der Waals surface area contributed by atoms with Gasteiger partial charge in [0.2, 0.25) is 5.91 Å². The third-order valence-corrected chi connectivity index (χ3v) is 7.66. The summed E-state index contributed by atoms with van der Waals surface area (Å²) in [6, 6.07) is 10.5. The van der Waals surface area contributed by atoms with Crippen LogP contribution in [-0.2, 0) is 15.6 Å². The van der Waals surface area contributed by atoms with Gasteiger partial charge in [-0.25, -0.2) is 4.99 Å². The zero-order valence-corrected chi connectivity index (χ0v) is 22.1. The van der Waals surface area contributed by atoms with Crippen molar-refractivity contribution < 1.29 is 9.00 Å². The second-order valence-corrected chi connectivity index (χ2v) is 10.5. The van der Waals surface area contributed by atoms with E-state index in [-0.39, 0.29) is 47.7 Å². The van der Waals surface area contributed by atoms with Crippen molar-refractivity contribution in [2.24, 2.45) is 4.99 Å². The van der Waals surface area contributed by atoms with E-state index in [0.29, 0.717) is 11.7 Å². The molecule has 3 atom stereocenters. The van der Waals surface area contributed by atoms with Crippen molar-refractivity contribution in [3.05, 3.63) is 30.3 Å². The number of likely N-dealkylation sites (N-methyl/N-ethyl adjacent to an activating group) is 1. The molecule has 1 aromatic carbocycles. The minimum atomic E-state index is -0.759. The monoisotopic (exact) mass is 566 g/mol. The lowest BCUT2D eigenvalue weighted by Gasteiger charge is -2.30. The first-order valence-electron chi connectivity index (χ1n) is 10.3. The van der Waals surface area contributed by atoms with Crippen molar-refractivity contribution in [3.63, 3.8) is 0 Å². The van der Waals surface area contributed by atoms with Crippen molar-refractivity contribution >= 4 is 58.4 Å². The van der Waals surface area contributed by atoms with Crippen molar-refractivity contribution in [1.29, 1.82) is 0 Å². The van der Waals surface area contributed by atoms with Crippen LogP contribution >= 0.6 is 35.7 Å². The Kier molecular flexibility index (Phi) is 13.7. The summed E-state index contributed by atoms with van der Waals surface area (Å²) >= 11 is 1.78. The fraction of sp³-hybridized carbons (Fsp3) is 0.619. The summed E-state index contributed by atoms with van der Waals surface area (Å²) in [5.74, 6) is 2.25. The third-order valence-electron chi connectivity index (χ3n) is 4.90. The molecule has 1 aromatic rings. The van der Waals surface area contributed by atoms with Crippen LogP contribution in [0.5, 0.6) is 0 Å². The number of hydrogen-bond acceptors (Lipinski definition) is 4. The van der Waals surface area contributed by atoms with Gasteiger partial charge in [-0.2, -0.15) is 0 Å². The summed E-state index contributed by atoms with van der Waals surface area (Å²) in [5, 5.41) is 7.10. The van der Waals surface area contributed by atoms with E-state index in [0.717, 1.165) is 38.0 Å². The van der Waals surface area contributed by atoms with Crippen molar-refractivity contribution in [1.82, 2.24) is 15.5 Å². The van der Waals surface area contributed by atoms with E-state index in [1.54, 1.807) is 30.8 Å². The maximum absolute atomic E-state index is 12.2. The summed E-state index contributed by atoms with van der Waals surface area (Å²) in [6.07, 6.45) is 4.03. The number of amides is 1. The van der Waals surface area contributed by atoms with Crippen LogP contribution in [0.4, 0.5) is 0 Å². The number of guanidine groups is 1. The van der Waals surface area contributed by atoms with Crippen LogP contribution in [0, 0.1) is 0 Å². The molecule has 0 heterocycles. The van der Waals surface area contributed by atoms with Gasteiger partial charge in [0.15, 0.2) is 5.96 Å². The average Bonchev–Trinajstić information content (AvgIpc) is 2.74. The maximum Gasteiger partial charge on any atom is 0.243 e. The fourth-order valence-electron chi connectivity index (χ4n) is 3.24. The topological polar surface area (TPSA) is 73.8 Å². The van der Waals surface area contributed by atoms with E-state index in [4.69, 9.17) is 0 Å². The molecule has 1 fully saturated rings. The second kappa shape index (κ2) is 15.1. The molecule has 9 heteroatoms. The average molecular weight is 567 g/mol. The van der Waals surface area contributed by atoms with Gasteiger partial charge in [0.1, 0.15) is 6.54 Å². The highest BCUT2D eigenvalue weighted by atomic mass is 127. The Labute approximate surface area is 204 Å². The SMILES string of the molecule is CCS(=O)C1CCCC(NC(=NCC(=O)N(C)C)NCCSc2ccccc2)C1.I. The van der Waals surface area contributed by atoms with E-state index in [1.165, 1.54) is 4.90 Å². The summed E-state index contributed by atoms with van der Waals surface area (Å²) in [6.45, 7) is 2.85. The van der Waals surface area contributed by atoms with Gasteiger partial charge in [-0.15, -0.1) is 35.7 Å². The molecular formula is C21H35IN4O2S2. The summed E-state index contributed by atoms with van der Waals surface area (Å²) in [4.78, 5) is 19.2. The molecular weight excluding hydrogens is 531 g/mol. The smallest absolute Gasteiger partial charge is 0.243 e. The first-order chi connectivity index (χ1) is 14.0. The van der Waals surface area contributed by atoms with Gasteiger partial charge in [0, 0.05) is 59.1 Å². The molecule has 6 nitrogen and oxygen atoms in total. The largest absolute Gasteiger partial charge is 0.356 e. The Bertz CT molecular complexity index is 689. The molecule has 0 saturated heterocycles. The number of halogens is 1. The van der Waals surface area contributed by atoms with Crippen LogP contribution in [0.25, 0.3) is 0 Å². The van der Waals surface area contributed by atoms with Gasteiger partial charge in [-0.1, -0.05) is 31.5 Å². The molecule has 0 aromatic heterocycles. The normalized spacial score (nSPS) is 20.0. The van der Waals surface area contributed by atoms with E-state index >= 15 is 0 Å². The summed E-state index contributed by atoms with van der Waals surface area (Å²) < 4.78 is 12.2. The lowest BCUT2D eigenvalue weighted by Crippen LogP contribution is -2.47. The first kappa shape index (κ1) is 27.2. The highest BCUT2D eigenvalue weighted by molar-refractivity contribution is 14.0. The molecule has 1 saturated carbocycles. The number of nitrogens with zero attached hydrogens (tertiary/aromatic N) is 2. The predicted octanol–water partition coefficient (Wildman–Crippen LogP) is 3.10. The van der Waals surface area contributed by atoms with Gasteiger partial charge in [0.25, 0.3) is 0 Å². The second-order valence-electron chi connectivity index (χ2n) is 7.34. The number of carbonyl (C=O) groups excluding carboxylic acids is 1. The van der Waals surface area contributed by atoms with Gasteiger partial charge in [0.05, 0.1) is 0 Å². The summed E-state index contributed by atoms with van der Waals surface area (Å²) in [7, 11) is 2.71. The number of carbonyl (C=O) groups is 1. The molecule has 1 aliphatic rings. The molecule has 1 amide bonds. The van der Waals surface area contributed by atoms with E-state index in [2.05, 4.69) is 27.8 Å². The Balaban J connectivity index is 0.00000450. The van der Waals surface area contributed by atoms with Crippen LogP contribution in [0.1, 0.15) is 32.6 Å². The maximum atomic E-state index is 12.2. The quantitative estimate of drug-likeness (QED) is 0.158. The molecule has 2 rings (SSSR count). The van der Waals surface area contributed by atoms with E-state index in [9.17, 15) is 9.00 Å². The third kappa shape index (κ3) is 10.00. The number of thioether (sulfide) groups is 1. The number of rotatable bonds is 9. The zero-order chi connectivity index (χ0) is 21.1. The Morgan fingerprint density at radius 2 is 2.00 bits per heavy atom. The van der Waals surface area contributed by atoms with Gasteiger partial charge in [-0.3, -0.25) is 9.00 Å². The standard InChI is InChI=1S/C21H34N4O2S2.HI/c1-4-29(27)19-12-8-9-17(15-19)24-21(23-16-20(26)25(2)3)22-13-14-28-18-10-6-5-7-11-18;/h5-7,10-11,17,19H,4,8-9,12-16H2,1-3H3,(H2,22,23,24);1H. The molecule has 30 heavy (non-hydrogen) atoms. The van der Waals surface area contributed by atoms with Crippen molar-refractivity contribution in [2.75, 3.05) is 38.7 Å². The molecule has 0 bridgehead atoms. The lowest BCUT2D eigenvalue weighted by atomic mass is 9.95. The number of aliphatic imine (C=N–C) groups is 1. The van der Waals surface area contributed by atoms with Crippen LogP contribution < -0.4 is 10.6 Å².